The number of carbonyl (C=O) groups is 1. The van der Waals surface area contributed by atoms with Gasteiger partial charge in [0.25, 0.3) is 0 Å². The molecule has 0 saturated carbocycles. The summed E-state index contributed by atoms with van der Waals surface area (Å²) in [6.45, 7) is 2.44. The van der Waals surface area contributed by atoms with E-state index < -0.39 is 0 Å². The summed E-state index contributed by atoms with van der Waals surface area (Å²) < 4.78 is 0. The molecule has 2 nitrogen and oxygen atoms in total. The van der Waals surface area contributed by atoms with Gasteiger partial charge < -0.3 is 5.11 Å². The molecule has 2 rings (SSSR count). The number of benzene rings is 2. The predicted molar refractivity (Wildman–Crippen MR) is 99.5 cm³/mol. The van der Waals surface area contributed by atoms with Gasteiger partial charge in [0.15, 0.2) is 5.78 Å². The van der Waals surface area contributed by atoms with Gasteiger partial charge in [0.05, 0.1) is 0 Å². The summed E-state index contributed by atoms with van der Waals surface area (Å²) in [4.78, 5) is 12.9. The number of hydrogen-bond acceptors (Lipinski definition) is 2. The third kappa shape index (κ3) is 5.04. The maximum atomic E-state index is 12.9. The molecule has 1 unspecified atom stereocenters. The molecule has 2 aromatic carbocycles. The highest BCUT2D eigenvalue weighted by molar-refractivity contribution is 6.10. The van der Waals surface area contributed by atoms with Gasteiger partial charge in [-0.15, -0.1) is 0 Å². The second-order valence-electron chi connectivity index (χ2n) is 6.34. The van der Waals surface area contributed by atoms with Gasteiger partial charge >= 0.3 is 0 Å². The summed E-state index contributed by atoms with van der Waals surface area (Å²) in [5, 5.41) is 9.06. The van der Waals surface area contributed by atoms with Gasteiger partial charge in [0.2, 0.25) is 0 Å². The molecule has 0 aromatic heterocycles. The van der Waals surface area contributed by atoms with Crippen LogP contribution in [0.1, 0.15) is 72.9 Å². The van der Waals surface area contributed by atoms with Crippen molar-refractivity contribution < 1.29 is 9.90 Å². The van der Waals surface area contributed by atoms with Crippen LogP contribution in [0, 0.1) is 0 Å². The first kappa shape index (κ1) is 18.4. The fraction of sp³-hybridized carbons (Fsp3) is 0.409. The van der Waals surface area contributed by atoms with Crippen molar-refractivity contribution >= 4 is 5.78 Å². The monoisotopic (exact) mass is 324 g/mol. The van der Waals surface area contributed by atoms with Crippen LogP contribution >= 0.6 is 0 Å². The topological polar surface area (TPSA) is 37.3 Å². The summed E-state index contributed by atoms with van der Waals surface area (Å²) in [6, 6.07) is 17.5. The first-order valence-electron chi connectivity index (χ1n) is 9.07. The molecular weight excluding hydrogens is 296 g/mol. The second-order valence-corrected chi connectivity index (χ2v) is 6.34. The molecule has 0 saturated heterocycles. The van der Waals surface area contributed by atoms with Crippen LogP contribution in [0.15, 0.2) is 54.6 Å². The molecule has 0 heterocycles. The van der Waals surface area contributed by atoms with E-state index in [1.54, 1.807) is 0 Å². The van der Waals surface area contributed by atoms with Crippen LogP contribution in [0.25, 0.3) is 0 Å². The van der Waals surface area contributed by atoms with Crippen molar-refractivity contribution in [3.8, 4) is 0 Å². The van der Waals surface area contributed by atoms with Gasteiger partial charge in [-0.05, 0) is 30.7 Å². The third-order valence-electron chi connectivity index (χ3n) is 4.55. The molecule has 128 valence electrons. The molecule has 2 heteroatoms. The smallest absolute Gasteiger partial charge is 0.193 e. The van der Waals surface area contributed by atoms with Gasteiger partial charge in [-0.2, -0.15) is 0 Å². The average molecular weight is 324 g/mol. The van der Waals surface area contributed by atoms with Gasteiger partial charge in [-0.3, -0.25) is 4.79 Å². The van der Waals surface area contributed by atoms with E-state index in [1.165, 1.54) is 0 Å². The van der Waals surface area contributed by atoms with E-state index >= 15 is 0 Å². The quantitative estimate of drug-likeness (QED) is 0.472. The van der Waals surface area contributed by atoms with E-state index in [0.717, 1.165) is 55.2 Å². The lowest BCUT2D eigenvalue weighted by atomic mass is 9.84. The Bertz CT molecular complexity index is 619. The molecule has 1 atom stereocenters. The van der Waals surface area contributed by atoms with E-state index in [-0.39, 0.29) is 12.4 Å². The van der Waals surface area contributed by atoms with Crippen molar-refractivity contribution in [1.82, 2.24) is 0 Å². The van der Waals surface area contributed by atoms with Crippen LogP contribution in [0.2, 0.25) is 0 Å². The predicted octanol–water partition coefficient (Wildman–Crippen LogP) is 5.35. The van der Waals surface area contributed by atoms with Crippen molar-refractivity contribution in [1.29, 1.82) is 0 Å². The van der Waals surface area contributed by atoms with E-state index in [2.05, 4.69) is 13.0 Å². The SMILES string of the molecule is CCCCC(CCCCO)c1ccccc1C(=O)c1ccccc1. The number of aliphatic hydroxyl groups excluding tert-OH is 1. The van der Waals surface area contributed by atoms with E-state index in [0.29, 0.717) is 5.92 Å². The summed E-state index contributed by atoms with van der Waals surface area (Å²) in [6.07, 6.45) is 6.28. The van der Waals surface area contributed by atoms with Crippen LogP contribution in [-0.2, 0) is 0 Å². The molecule has 0 fully saturated rings. The van der Waals surface area contributed by atoms with E-state index in [9.17, 15) is 4.79 Å². The van der Waals surface area contributed by atoms with Crippen molar-refractivity contribution in [2.24, 2.45) is 0 Å². The Morgan fingerprint density at radius 3 is 2.29 bits per heavy atom. The van der Waals surface area contributed by atoms with Gasteiger partial charge in [0.1, 0.15) is 0 Å². The zero-order valence-corrected chi connectivity index (χ0v) is 14.6. The molecule has 0 aliphatic rings. The maximum Gasteiger partial charge on any atom is 0.193 e. The Balaban J connectivity index is 2.28. The van der Waals surface area contributed by atoms with Crippen LogP contribution in [-0.4, -0.2) is 17.5 Å². The minimum absolute atomic E-state index is 0.106. The molecule has 1 N–H and O–H groups in total. The zero-order valence-electron chi connectivity index (χ0n) is 14.6. The largest absolute Gasteiger partial charge is 0.396 e. The Morgan fingerprint density at radius 1 is 0.917 bits per heavy atom. The highest BCUT2D eigenvalue weighted by atomic mass is 16.2. The molecule has 24 heavy (non-hydrogen) atoms. The van der Waals surface area contributed by atoms with Crippen LogP contribution in [0.3, 0.4) is 0 Å². The van der Waals surface area contributed by atoms with Crippen molar-refractivity contribution in [2.45, 2.75) is 51.4 Å². The third-order valence-corrected chi connectivity index (χ3v) is 4.55. The second kappa shape index (κ2) is 10.0. The number of rotatable bonds is 10. The van der Waals surface area contributed by atoms with Gasteiger partial charge in [0, 0.05) is 17.7 Å². The fourth-order valence-corrected chi connectivity index (χ4v) is 3.21. The summed E-state index contributed by atoms with van der Waals surface area (Å²) in [7, 11) is 0. The Kier molecular flexibility index (Phi) is 7.70. The number of hydrogen-bond donors (Lipinski definition) is 1. The van der Waals surface area contributed by atoms with Gasteiger partial charge in [-0.1, -0.05) is 80.8 Å². The number of carbonyl (C=O) groups excluding carboxylic acids is 1. The minimum atomic E-state index is 0.106. The lowest BCUT2D eigenvalue weighted by molar-refractivity contribution is 0.103. The number of aliphatic hydroxyl groups is 1. The van der Waals surface area contributed by atoms with E-state index in [1.807, 2.05) is 48.5 Å². The number of unbranched alkanes of at least 4 members (excludes halogenated alkanes) is 2. The summed E-state index contributed by atoms with van der Waals surface area (Å²) in [5.41, 5.74) is 2.74. The Morgan fingerprint density at radius 2 is 1.58 bits per heavy atom. The minimum Gasteiger partial charge on any atom is -0.396 e. The molecule has 0 spiro atoms. The highest BCUT2D eigenvalue weighted by Gasteiger charge is 2.19. The standard InChI is InChI=1S/C22H28O2/c1-2-3-11-18(12-9-10-17-23)20-15-7-8-16-21(20)22(24)19-13-5-4-6-14-19/h4-8,13-16,18,23H,2-3,9-12,17H2,1H3. The van der Waals surface area contributed by atoms with Gasteiger partial charge in [-0.25, -0.2) is 0 Å². The first-order chi connectivity index (χ1) is 11.8. The number of ketones is 1. The highest BCUT2D eigenvalue weighted by Crippen LogP contribution is 2.31. The van der Waals surface area contributed by atoms with Crippen LogP contribution in [0.5, 0.6) is 0 Å². The normalized spacial score (nSPS) is 12.1. The van der Waals surface area contributed by atoms with Crippen molar-refractivity contribution in [3.05, 3.63) is 71.3 Å². The molecule has 0 radical (unpaired) electrons. The lowest BCUT2D eigenvalue weighted by Crippen LogP contribution is -2.10. The summed E-state index contributed by atoms with van der Waals surface area (Å²) >= 11 is 0. The molecule has 0 amide bonds. The zero-order chi connectivity index (χ0) is 17.2. The average Bonchev–Trinajstić information content (AvgIpc) is 2.65. The molecular formula is C22H28O2. The Labute approximate surface area is 145 Å². The van der Waals surface area contributed by atoms with Crippen molar-refractivity contribution in [2.75, 3.05) is 6.61 Å². The maximum absolute atomic E-state index is 12.9. The molecule has 0 bridgehead atoms. The Hall–Kier alpha value is -1.93. The first-order valence-corrected chi connectivity index (χ1v) is 9.07. The fourth-order valence-electron chi connectivity index (χ4n) is 3.21. The molecule has 2 aromatic rings. The lowest BCUT2D eigenvalue weighted by Gasteiger charge is -2.20. The molecule has 0 aliphatic heterocycles. The van der Waals surface area contributed by atoms with Crippen molar-refractivity contribution in [3.63, 3.8) is 0 Å². The van der Waals surface area contributed by atoms with Crippen LogP contribution in [0.4, 0.5) is 0 Å². The van der Waals surface area contributed by atoms with E-state index in [4.69, 9.17) is 5.11 Å². The molecule has 0 aliphatic carbocycles. The summed E-state index contributed by atoms with van der Waals surface area (Å²) in [5.74, 6) is 0.496. The van der Waals surface area contributed by atoms with Crippen LogP contribution < -0.4 is 0 Å².